The minimum absolute atomic E-state index is 0.107. The number of hydrogen-bond acceptors (Lipinski definition) is 2. The molecule has 3 rings (SSSR count). The van der Waals surface area contributed by atoms with Gasteiger partial charge >= 0.3 is 0 Å². The van der Waals surface area contributed by atoms with E-state index in [1.54, 1.807) is 0 Å². The van der Waals surface area contributed by atoms with Crippen LogP contribution in [0, 0.1) is 41.5 Å². The van der Waals surface area contributed by atoms with Crippen molar-refractivity contribution in [2.75, 3.05) is 0 Å². The van der Waals surface area contributed by atoms with Crippen LogP contribution >= 0.6 is 0 Å². The molecule has 0 heterocycles. The van der Waals surface area contributed by atoms with E-state index in [-0.39, 0.29) is 11.8 Å². The van der Waals surface area contributed by atoms with Gasteiger partial charge in [0, 0.05) is 11.1 Å². The van der Waals surface area contributed by atoms with Gasteiger partial charge in [-0.25, -0.2) is 0 Å². The van der Waals surface area contributed by atoms with Gasteiger partial charge in [0.2, 0.25) is 0 Å². The lowest BCUT2D eigenvalue weighted by Gasteiger charge is -2.39. The zero-order chi connectivity index (χ0) is 22.1. The highest BCUT2D eigenvalue weighted by Crippen LogP contribution is 2.28. The summed E-state index contributed by atoms with van der Waals surface area (Å²) in [5.74, 6) is -0.214. The highest BCUT2D eigenvalue weighted by molar-refractivity contribution is 6.00. The summed E-state index contributed by atoms with van der Waals surface area (Å²) in [6.07, 6.45) is 4.59. The zero-order valence-corrected chi connectivity index (χ0v) is 19.2. The summed E-state index contributed by atoms with van der Waals surface area (Å²) in [4.78, 5) is 26.6. The third kappa shape index (κ3) is 4.58. The smallest absolute Gasteiger partial charge is 0.253 e. The van der Waals surface area contributed by atoms with Crippen molar-refractivity contribution in [2.24, 2.45) is 0 Å². The van der Waals surface area contributed by atoms with E-state index in [1.165, 1.54) is 0 Å². The molecule has 0 unspecified atom stereocenters. The Morgan fingerprint density at radius 1 is 0.633 bits per heavy atom. The highest BCUT2D eigenvalue weighted by atomic mass is 16.2. The normalized spacial score (nSPS) is 15.5. The fraction of sp³-hybridized carbons (Fsp3) is 0.462. The molecule has 2 aromatic rings. The van der Waals surface area contributed by atoms with Crippen LogP contribution < -0.4 is 10.6 Å². The van der Waals surface area contributed by atoms with Crippen LogP contribution in [0.15, 0.2) is 24.3 Å². The number of carbonyl (C=O) groups excluding carboxylic acids is 2. The van der Waals surface area contributed by atoms with Gasteiger partial charge in [-0.2, -0.15) is 0 Å². The van der Waals surface area contributed by atoms with Gasteiger partial charge in [-0.3, -0.25) is 9.59 Å². The average Bonchev–Trinajstić information content (AvgIpc) is 2.60. The lowest BCUT2D eigenvalue weighted by Crippen LogP contribution is -2.61. The van der Waals surface area contributed by atoms with Gasteiger partial charge in [-0.15, -0.1) is 0 Å². The lowest BCUT2D eigenvalue weighted by atomic mass is 9.87. The third-order valence-corrected chi connectivity index (χ3v) is 6.22. The SMILES string of the molecule is Cc1cc(C)c(C(=O)NC2(NC(=O)c3c(C)cc(C)cc3C)CCCCC2)c(C)c1. The Morgan fingerprint density at radius 3 is 1.30 bits per heavy atom. The van der Waals surface area contributed by atoms with Crippen LogP contribution in [0.1, 0.15) is 86.2 Å². The van der Waals surface area contributed by atoms with Gasteiger partial charge in [0.1, 0.15) is 5.66 Å². The Labute approximate surface area is 180 Å². The summed E-state index contributed by atoms with van der Waals surface area (Å²) < 4.78 is 0. The molecule has 2 aromatic carbocycles. The average molecular weight is 407 g/mol. The molecular formula is C26H34N2O2. The van der Waals surface area contributed by atoms with E-state index < -0.39 is 5.66 Å². The molecule has 30 heavy (non-hydrogen) atoms. The van der Waals surface area contributed by atoms with E-state index >= 15 is 0 Å². The Morgan fingerprint density at radius 2 is 0.967 bits per heavy atom. The molecule has 0 atom stereocenters. The van der Waals surface area contributed by atoms with Crippen LogP contribution in [-0.2, 0) is 0 Å². The molecule has 1 aliphatic carbocycles. The minimum Gasteiger partial charge on any atom is -0.329 e. The zero-order valence-electron chi connectivity index (χ0n) is 19.2. The Kier molecular flexibility index (Phi) is 6.35. The first-order valence-corrected chi connectivity index (χ1v) is 10.9. The lowest BCUT2D eigenvalue weighted by molar-refractivity contribution is 0.0744. The van der Waals surface area contributed by atoms with E-state index in [0.29, 0.717) is 11.1 Å². The molecule has 1 fully saturated rings. The quantitative estimate of drug-likeness (QED) is 0.672. The van der Waals surface area contributed by atoms with Crippen molar-refractivity contribution in [3.05, 3.63) is 68.8 Å². The topological polar surface area (TPSA) is 58.2 Å². The molecule has 2 N–H and O–H groups in total. The van der Waals surface area contributed by atoms with Gasteiger partial charge in [0.05, 0.1) is 0 Å². The fourth-order valence-electron chi connectivity index (χ4n) is 5.07. The molecular weight excluding hydrogens is 372 g/mol. The molecule has 4 nitrogen and oxygen atoms in total. The van der Waals surface area contributed by atoms with Crippen LogP contribution in [0.2, 0.25) is 0 Å². The van der Waals surface area contributed by atoms with Crippen molar-refractivity contribution in [1.82, 2.24) is 10.6 Å². The first kappa shape index (κ1) is 22.1. The first-order valence-electron chi connectivity index (χ1n) is 10.9. The maximum Gasteiger partial charge on any atom is 0.253 e. The maximum absolute atomic E-state index is 13.3. The summed E-state index contributed by atoms with van der Waals surface area (Å²) in [5, 5.41) is 6.46. The predicted molar refractivity (Wildman–Crippen MR) is 122 cm³/mol. The molecule has 2 amide bonds. The first-order chi connectivity index (χ1) is 14.1. The second-order valence-electron chi connectivity index (χ2n) is 9.10. The van der Waals surface area contributed by atoms with E-state index in [1.807, 2.05) is 65.8 Å². The van der Waals surface area contributed by atoms with Crippen molar-refractivity contribution in [3.8, 4) is 0 Å². The molecule has 0 aromatic heterocycles. The Hall–Kier alpha value is -2.62. The number of hydrogen-bond donors (Lipinski definition) is 2. The third-order valence-electron chi connectivity index (χ3n) is 6.22. The molecule has 1 aliphatic rings. The second kappa shape index (κ2) is 8.63. The van der Waals surface area contributed by atoms with E-state index in [2.05, 4.69) is 10.6 Å². The van der Waals surface area contributed by atoms with Crippen LogP contribution in [0.5, 0.6) is 0 Å². The standard InChI is InChI=1S/C26H34N2O2/c1-16-12-18(3)22(19(4)13-16)24(29)27-26(10-8-7-9-11-26)28-25(30)23-20(5)14-17(2)15-21(23)6/h12-15H,7-11H2,1-6H3,(H,27,29)(H,28,30). The highest BCUT2D eigenvalue weighted by Gasteiger charge is 2.36. The summed E-state index contributed by atoms with van der Waals surface area (Å²) in [7, 11) is 0. The van der Waals surface area contributed by atoms with E-state index in [9.17, 15) is 9.59 Å². The van der Waals surface area contributed by atoms with Gasteiger partial charge in [0.15, 0.2) is 0 Å². The van der Waals surface area contributed by atoms with Crippen molar-refractivity contribution >= 4 is 11.8 Å². The molecule has 0 saturated heterocycles. The van der Waals surface area contributed by atoms with Crippen LogP contribution in [0.4, 0.5) is 0 Å². The number of carbonyl (C=O) groups is 2. The van der Waals surface area contributed by atoms with Gasteiger partial charge in [-0.05, 0) is 89.5 Å². The van der Waals surface area contributed by atoms with Crippen LogP contribution in [-0.4, -0.2) is 17.5 Å². The number of amides is 2. The van der Waals surface area contributed by atoms with Crippen LogP contribution in [0.3, 0.4) is 0 Å². The monoisotopic (exact) mass is 406 g/mol. The summed E-state index contributed by atoms with van der Waals surface area (Å²) in [6, 6.07) is 8.14. The number of benzene rings is 2. The number of rotatable bonds is 4. The molecule has 4 heteroatoms. The number of nitrogens with one attached hydrogen (secondary N) is 2. The van der Waals surface area contributed by atoms with Crippen molar-refractivity contribution in [3.63, 3.8) is 0 Å². The molecule has 0 bridgehead atoms. The van der Waals surface area contributed by atoms with Crippen molar-refractivity contribution < 1.29 is 9.59 Å². The van der Waals surface area contributed by atoms with Gasteiger partial charge in [0.25, 0.3) is 11.8 Å². The molecule has 0 aliphatic heterocycles. The molecule has 1 saturated carbocycles. The number of aryl methyl sites for hydroxylation is 6. The molecule has 0 spiro atoms. The largest absolute Gasteiger partial charge is 0.329 e. The molecule has 0 radical (unpaired) electrons. The second-order valence-corrected chi connectivity index (χ2v) is 9.10. The summed E-state index contributed by atoms with van der Waals surface area (Å²) in [6.45, 7) is 12.0. The van der Waals surface area contributed by atoms with Crippen molar-refractivity contribution in [1.29, 1.82) is 0 Å². The minimum atomic E-state index is -0.708. The van der Waals surface area contributed by atoms with Crippen molar-refractivity contribution in [2.45, 2.75) is 79.3 Å². The van der Waals surface area contributed by atoms with Crippen LogP contribution in [0.25, 0.3) is 0 Å². The fourth-order valence-corrected chi connectivity index (χ4v) is 5.07. The Bertz CT molecular complexity index is 865. The molecule has 160 valence electrons. The Balaban J connectivity index is 1.91. The van der Waals surface area contributed by atoms with Gasteiger partial charge in [-0.1, -0.05) is 41.8 Å². The maximum atomic E-state index is 13.3. The summed E-state index contributed by atoms with van der Waals surface area (Å²) >= 11 is 0. The van der Waals surface area contributed by atoms with Gasteiger partial charge < -0.3 is 10.6 Å². The van der Waals surface area contributed by atoms with E-state index in [0.717, 1.165) is 65.5 Å². The summed E-state index contributed by atoms with van der Waals surface area (Å²) in [5.41, 5.74) is 6.87. The predicted octanol–water partition coefficient (Wildman–Crippen LogP) is 5.36. The van der Waals surface area contributed by atoms with E-state index in [4.69, 9.17) is 0 Å².